The summed E-state index contributed by atoms with van der Waals surface area (Å²) < 4.78 is 5.14. The molecule has 0 unspecified atom stereocenters. The normalized spacial score (nSPS) is 10.6. The molecule has 6 nitrogen and oxygen atoms in total. The van der Waals surface area contributed by atoms with Crippen LogP contribution in [0.1, 0.15) is 0 Å². The Balaban J connectivity index is 2.27. The lowest BCUT2D eigenvalue weighted by Gasteiger charge is -2.01. The summed E-state index contributed by atoms with van der Waals surface area (Å²) in [6, 6.07) is 12.8. The van der Waals surface area contributed by atoms with Gasteiger partial charge in [-0.2, -0.15) is 0 Å². The summed E-state index contributed by atoms with van der Waals surface area (Å²) in [6.07, 6.45) is 0. The van der Waals surface area contributed by atoms with Gasteiger partial charge in [0.05, 0.1) is 15.8 Å². The molecule has 1 heterocycles. The summed E-state index contributed by atoms with van der Waals surface area (Å²) in [7, 11) is 0. The summed E-state index contributed by atoms with van der Waals surface area (Å²) in [5.74, 6) is 0.142. The monoisotopic (exact) mass is 268 g/mol. The van der Waals surface area contributed by atoms with Crippen LogP contribution in [-0.2, 0) is 0 Å². The molecule has 3 rings (SSSR count). The summed E-state index contributed by atoms with van der Waals surface area (Å²) in [5, 5.41) is 11.0. The Labute approximate surface area is 112 Å². The number of rotatable bonds is 2. The maximum absolute atomic E-state index is 11.9. The SMILES string of the molecule is O=c1oc(-c2ccccc2)nc2cc([N+](=O)[O-])ccc12. The summed E-state index contributed by atoms with van der Waals surface area (Å²) >= 11 is 0. The van der Waals surface area contributed by atoms with Gasteiger partial charge in [-0.05, 0) is 18.2 Å². The van der Waals surface area contributed by atoms with Crippen LogP contribution in [0, 0.1) is 10.1 Å². The van der Waals surface area contributed by atoms with Crippen LogP contribution in [-0.4, -0.2) is 9.91 Å². The fourth-order valence-corrected chi connectivity index (χ4v) is 1.88. The van der Waals surface area contributed by atoms with Crippen molar-refractivity contribution in [3.05, 3.63) is 69.1 Å². The molecule has 2 aromatic carbocycles. The molecule has 1 aromatic heterocycles. The van der Waals surface area contributed by atoms with E-state index in [9.17, 15) is 14.9 Å². The highest BCUT2D eigenvalue weighted by molar-refractivity contribution is 5.80. The Hall–Kier alpha value is -3.02. The molecule has 0 aliphatic heterocycles. The van der Waals surface area contributed by atoms with E-state index in [-0.39, 0.29) is 22.5 Å². The second kappa shape index (κ2) is 4.58. The Morgan fingerprint density at radius 1 is 1.10 bits per heavy atom. The minimum Gasteiger partial charge on any atom is -0.403 e. The molecule has 0 amide bonds. The number of non-ortho nitro benzene ring substituents is 1. The van der Waals surface area contributed by atoms with Crippen molar-refractivity contribution in [2.24, 2.45) is 0 Å². The number of hydrogen-bond acceptors (Lipinski definition) is 5. The second-order valence-corrected chi connectivity index (χ2v) is 4.13. The number of fused-ring (bicyclic) bond motifs is 1. The van der Waals surface area contributed by atoms with E-state index in [4.69, 9.17) is 4.42 Å². The first-order valence-corrected chi connectivity index (χ1v) is 5.80. The van der Waals surface area contributed by atoms with Crippen LogP contribution in [0.3, 0.4) is 0 Å². The van der Waals surface area contributed by atoms with E-state index in [0.717, 1.165) is 0 Å². The van der Waals surface area contributed by atoms with Gasteiger partial charge in [-0.1, -0.05) is 18.2 Å². The molecule has 20 heavy (non-hydrogen) atoms. The molecule has 6 heteroatoms. The predicted molar refractivity (Wildman–Crippen MR) is 72.4 cm³/mol. The standard InChI is InChI=1S/C14H8N2O4/c17-14-11-7-6-10(16(18)19)8-12(11)15-13(20-14)9-4-2-1-3-5-9/h1-8H. The zero-order chi connectivity index (χ0) is 14.1. The molecule has 0 N–H and O–H groups in total. The van der Waals surface area contributed by atoms with Gasteiger partial charge in [0.2, 0.25) is 5.89 Å². The van der Waals surface area contributed by atoms with Gasteiger partial charge in [-0.25, -0.2) is 9.78 Å². The lowest BCUT2D eigenvalue weighted by atomic mass is 10.2. The van der Waals surface area contributed by atoms with Crippen molar-refractivity contribution in [2.75, 3.05) is 0 Å². The van der Waals surface area contributed by atoms with Crippen LogP contribution in [0.15, 0.2) is 57.7 Å². The number of nitro benzene ring substituents is 1. The molecular formula is C14H8N2O4. The summed E-state index contributed by atoms with van der Waals surface area (Å²) in [6.45, 7) is 0. The first-order chi connectivity index (χ1) is 9.65. The molecule has 0 bridgehead atoms. The van der Waals surface area contributed by atoms with E-state index in [0.29, 0.717) is 5.56 Å². The number of nitro groups is 1. The van der Waals surface area contributed by atoms with Crippen molar-refractivity contribution >= 4 is 16.6 Å². The van der Waals surface area contributed by atoms with E-state index in [1.165, 1.54) is 18.2 Å². The van der Waals surface area contributed by atoms with Gasteiger partial charge in [0, 0.05) is 17.7 Å². The highest BCUT2D eigenvalue weighted by Crippen LogP contribution is 2.21. The van der Waals surface area contributed by atoms with Gasteiger partial charge >= 0.3 is 5.63 Å². The quantitative estimate of drug-likeness (QED) is 0.527. The second-order valence-electron chi connectivity index (χ2n) is 4.13. The number of benzene rings is 2. The first-order valence-electron chi connectivity index (χ1n) is 5.80. The average Bonchev–Trinajstić information content (AvgIpc) is 2.47. The van der Waals surface area contributed by atoms with E-state index in [2.05, 4.69) is 4.98 Å². The van der Waals surface area contributed by atoms with Gasteiger partial charge in [-0.15, -0.1) is 0 Å². The van der Waals surface area contributed by atoms with Crippen molar-refractivity contribution in [1.29, 1.82) is 0 Å². The highest BCUT2D eigenvalue weighted by Gasteiger charge is 2.12. The Morgan fingerprint density at radius 3 is 2.55 bits per heavy atom. The van der Waals surface area contributed by atoms with Gasteiger partial charge < -0.3 is 4.42 Å². The lowest BCUT2D eigenvalue weighted by molar-refractivity contribution is -0.384. The van der Waals surface area contributed by atoms with E-state index >= 15 is 0 Å². The number of aromatic nitrogens is 1. The molecular weight excluding hydrogens is 260 g/mol. The molecule has 0 aliphatic rings. The number of nitrogens with zero attached hydrogens (tertiary/aromatic N) is 2. The molecule has 3 aromatic rings. The van der Waals surface area contributed by atoms with Crippen molar-refractivity contribution in [3.8, 4) is 11.5 Å². The predicted octanol–water partition coefficient (Wildman–Crippen LogP) is 2.76. The molecule has 0 saturated heterocycles. The van der Waals surface area contributed by atoms with E-state index in [1.54, 1.807) is 24.3 Å². The minimum atomic E-state index is -0.566. The van der Waals surface area contributed by atoms with Crippen LogP contribution in [0.25, 0.3) is 22.4 Å². The third kappa shape index (κ3) is 2.03. The molecule has 0 spiro atoms. The summed E-state index contributed by atoms with van der Waals surface area (Å²) in [4.78, 5) is 26.3. The topological polar surface area (TPSA) is 86.2 Å². The molecule has 0 saturated carbocycles. The van der Waals surface area contributed by atoms with Crippen LogP contribution in [0.2, 0.25) is 0 Å². The van der Waals surface area contributed by atoms with Crippen molar-refractivity contribution in [1.82, 2.24) is 4.98 Å². The zero-order valence-corrected chi connectivity index (χ0v) is 10.1. The van der Waals surface area contributed by atoms with Crippen molar-refractivity contribution in [2.45, 2.75) is 0 Å². The highest BCUT2D eigenvalue weighted by atomic mass is 16.6. The van der Waals surface area contributed by atoms with E-state index < -0.39 is 10.5 Å². The van der Waals surface area contributed by atoms with Crippen molar-refractivity contribution < 1.29 is 9.34 Å². The third-order valence-electron chi connectivity index (χ3n) is 2.84. The molecule has 0 aliphatic carbocycles. The maximum atomic E-state index is 11.9. The molecule has 98 valence electrons. The maximum Gasteiger partial charge on any atom is 0.347 e. The summed E-state index contributed by atoms with van der Waals surface area (Å²) in [5.41, 5.74) is 0.200. The fourth-order valence-electron chi connectivity index (χ4n) is 1.88. The van der Waals surface area contributed by atoms with E-state index in [1.807, 2.05) is 6.07 Å². The fraction of sp³-hybridized carbons (Fsp3) is 0. The van der Waals surface area contributed by atoms with Crippen LogP contribution >= 0.6 is 0 Å². The molecule has 0 atom stereocenters. The largest absolute Gasteiger partial charge is 0.403 e. The Bertz CT molecular complexity index is 856. The van der Waals surface area contributed by atoms with Crippen LogP contribution in [0.5, 0.6) is 0 Å². The smallest absolute Gasteiger partial charge is 0.347 e. The van der Waals surface area contributed by atoms with Crippen LogP contribution < -0.4 is 5.63 Å². The Kier molecular flexibility index (Phi) is 2.76. The minimum absolute atomic E-state index is 0.116. The zero-order valence-electron chi connectivity index (χ0n) is 10.1. The van der Waals surface area contributed by atoms with Crippen molar-refractivity contribution in [3.63, 3.8) is 0 Å². The molecule has 0 radical (unpaired) electrons. The van der Waals surface area contributed by atoms with Crippen LogP contribution in [0.4, 0.5) is 5.69 Å². The third-order valence-corrected chi connectivity index (χ3v) is 2.84. The Morgan fingerprint density at radius 2 is 1.85 bits per heavy atom. The average molecular weight is 268 g/mol. The van der Waals surface area contributed by atoms with Gasteiger partial charge in [0.25, 0.3) is 5.69 Å². The lowest BCUT2D eigenvalue weighted by Crippen LogP contribution is -2.03. The van der Waals surface area contributed by atoms with Gasteiger partial charge in [0.15, 0.2) is 0 Å². The molecule has 0 fully saturated rings. The van der Waals surface area contributed by atoms with Gasteiger partial charge in [0.1, 0.15) is 0 Å². The number of hydrogen-bond donors (Lipinski definition) is 0. The first kappa shape index (κ1) is 12.0. The van der Waals surface area contributed by atoms with Gasteiger partial charge in [-0.3, -0.25) is 10.1 Å².